The quantitative estimate of drug-likeness (QED) is 0.765. The zero-order valence-electron chi connectivity index (χ0n) is 14.9. The highest BCUT2D eigenvalue weighted by molar-refractivity contribution is 5.90. The van der Waals surface area contributed by atoms with E-state index in [1.54, 1.807) is 6.07 Å². The third-order valence-electron chi connectivity index (χ3n) is 3.94. The average Bonchev–Trinajstić information content (AvgIpc) is 3.12. The molecule has 2 aromatic heterocycles. The van der Waals surface area contributed by atoms with E-state index in [2.05, 4.69) is 15.2 Å². The van der Waals surface area contributed by atoms with Gasteiger partial charge in [-0.05, 0) is 41.1 Å². The van der Waals surface area contributed by atoms with Crippen molar-refractivity contribution in [1.82, 2.24) is 15.2 Å². The van der Waals surface area contributed by atoms with Crippen molar-refractivity contribution in [2.24, 2.45) is 5.73 Å². The van der Waals surface area contributed by atoms with Crippen LogP contribution in [0.3, 0.4) is 0 Å². The number of carbonyl (C=O) groups excluding carboxylic acids is 1. The Balaban J connectivity index is 1.79. The zero-order valence-corrected chi connectivity index (χ0v) is 14.9. The lowest BCUT2D eigenvalue weighted by atomic mass is 9.90. The van der Waals surface area contributed by atoms with Crippen LogP contribution in [0, 0.1) is 0 Å². The first-order valence-corrected chi connectivity index (χ1v) is 8.07. The highest BCUT2D eigenvalue weighted by Gasteiger charge is 2.25. The van der Waals surface area contributed by atoms with Gasteiger partial charge in [-0.3, -0.25) is 9.69 Å². The molecule has 2 heterocycles. The first-order chi connectivity index (χ1) is 11.7. The standard InChI is InChI=1S/C18H22N4O3/c1-18(2,3)16-12(8-15(24-16)17(19)23)10-22(4)9-11-5-6-13-14(7-11)21-25-20-13/h5-8H,9-10H2,1-4H3,(H2,19,23). The van der Waals surface area contributed by atoms with E-state index in [0.29, 0.717) is 13.1 Å². The number of furan rings is 1. The second-order valence-corrected chi connectivity index (χ2v) is 7.34. The average molecular weight is 342 g/mol. The Bertz CT molecular complexity index is 905. The van der Waals surface area contributed by atoms with E-state index in [1.165, 1.54) is 0 Å². The number of nitrogens with two attached hydrogens (primary N) is 1. The number of aromatic nitrogens is 2. The Hall–Kier alpha value is -2.67. The van der Waals surface area contributed by atoms with E-state index >= 15 is 0 Å². The maximum absolute atomic E-state index is 11.5. The highest BCUT2D eigenvalue weighted by atomic mass is 16.6. The summed E-state index contributed by atoms with van der Waals surface area (Å²) in [6, 6.07) is 7.58. The molecular weight excluding hydrogens is 320 g/mol. The molecule has 7 nitrogen and oxygen atoms in total. The van der Waals surface area contributed by atoms with Crippen LogP contribution >= 0.6 is 0 Å². The maximum atomic E-state index is 11.5. The monoisotopic (exact) mass is 342 g/mol. The maximum Gasteiger partial charge on any atom is 0.284 e. The third kappa shape index (κ3) is 3.71. The van der Waals surface area contributed by atoms with Gasteiger partial charge in [0.05, 0.1) is 0 Å². The zero-order chi connectivity index (χ0) is 18.2. The van der Waals surface area contributed by atoms with E-state index < -0.39 is 5.91 Å². The van der Waals surface area contributed by atoms with E-state index in [0.717, 1.165) is 27.9 Å². The van der Waals surface area contributed by atoms with E-state index in [4.69, 9.17) is 14.8 Å². The molecule has 0 aliphatic heterocycles. The number of rotatable bonds is 5. The number of benzene rings is 1. The second kappa shape index (κ2) is 6.33. The van der Waals surface area contributed by atoms with Crippen molar-refractivity contribution in [3.8, 4) is 0 Å². The molecule has 0 saturated heterocycles. The number of primary amides is 1. The molecule has 0 radical (unpaired) electrons. The molecule has 0 spiro atoms. The van der Waals surface area contributed by atoms with Crippen LogP contribution in [0.25, 0.3) is 11.0 Å². The smallest absolute Gasteiger partial charge is 0.284 e. The van der Waals surface area contributed by atoms with Crippen molar-refractivity contribution in [2.45, 2.75) is 39.3 Å². The van der Waals surface area contributed by atoms with Crippen LogP contribution in [-0.4, -0.2) is 28.2 Å². The van der Waals surface area contributed by atoms with Crippen LogP contribution in [-0.2, 0) is 18.5 Å². The van der Waals surface area contributed by atoms with Gasteiger partial charge in [-0.25, -0.2) is 4.63 Å². The number of carbonyl (C=O) groups is 1. The van der Waals surface area contributed by atoms with Crippen molar-refractivity contribution in [1.29, 1.82) is 0 Å². The summed E-state index contributed by atoms with van der Waals surface area (Å²) in [7, 11) is 2.01. The van der Waals surface area contributed by atoms with E-state index in [9.17, 15) is 4.79 Å². The SMILES string of the molecule is CN(Cc1ccc2nonc2c1)Cc1cc(C(N)=O)oc1C(C)(C)C. The number of hydrogen-bond donors (Lipinski definition) is 1. The Morgan fingerprint density at radius 3 is 2.56 bits per heavy atom. The predicted molar refractivity (Wildman–Crippen MR) is 92.9 cm³/mol. The number of fused-ring (bicyclic) bond motifs is 1. The minimum absolute atomic E-state index is 0.198. The fourth-order valence-corrected chi connectivity index (χ4v) is 2.89. The number of hydrogen-bond acceptors (Lipinski definition) is 6. The summed E-state index contributed by atoms with van der Waals surface area (Å²) in [5.74, 6) is 0.427. The molecule has 0 aliphatic carbocycles. The first-order valence-electron chi connectivity index (χ1n) is 8.07. The molecule has 0 atom stereocenters. The molecule has 132 valence electrons. The lowest BCUT2D eigenvalue weighted by Gasteiger charge is -2.21. The van der Waals surface area contributed by atoms with Gasteiger partial charge in [0.1, 0.15) is 16.8 Å². The molecule has 3 aromatic rings. The van der Waals surface area contributed by atoms with Gasteiger partial charge in [-0.15, -0.1) is 0 Å². The fraction of sp³-hybridized carbons (Fsp3) is 0.389. The number of amides is 1. The topological polar surface area (TPSA) is 98.4 Å². The fourth-order valence-electron chi connectivity index (χ4n) is 2.89. The second-order valence-electron chi connectivity index (χ2n) is 7.34. The van der Waals surface area contributed by atoms with Gasteiger partial charge in [-0.2, -0.15) is 0 Å². The van der Waals surface area contributed by atoms with Crippen molar-refractivity contribution >= 4 is 16.9 Å². The molecule has 25 heavy (non-hydrogen) atoms. The van der Waals surface area contributed by atoms with Gasteiger partial charge < -0.3 is 10.2 Å². The van der Waals surface area contributed by atoms with Gasteiger partial charge in [-0.1, -0.05) is 26.8 Å². The van der Waals surface area contributed by atoms with Crippen molar-refractivity contribution in [2.75, 3.05) is 7.05 Å². The van der Waals surface area contributed by atoms with Gasteiger partial charge >= 0.3 is 0 Å². The van der Waals surface area contributed by atoms with Crippen LogP contribution in [0.1, 0.15) is 48.2 Å². The van der Waals surface area contributed by atoms with Crippen molar-refractivity contribution in [3.63, 3.8) is 0 Å². The summed E-state index contributed by atoms with van der Waals surface area (Å²) < 4.78 is 10.4. The lowest BCUT2D eigenvalue weighted by molar-refractivity contribution is 0.0970. The van der Waals surface area contributed by atoms with Crippen LogP contribution in [0.4, 0.5) is 0 Å². The molecule has 0 aliphatic rings. The van der Waals surface area contributed by atoms with Gasteiger partial charge in [0, 0.05) is 24.1 Å². The molecule has 0 fully saturated rings. The first kappa shape index (κ1) is 17.2. The molecule has 0 unspecified atom stereocenters. The van der Waals surface area contributed by atoms with Crippen molar-refractivity contribution in [3.05, 3.63) is 46.9 Å². The third-order valence-corrected chi connectivity index (χ3v) is 3.94. The molecule has 0 bridgehead atoms. The van der Waals surface area contributed by atoms with Crippen molar-refractivity contribution < 1.29 is 13.8 Å². The van der Waals surface area contributed by atoms with Gasteiger partial charge in [0.2, 0.25) is 0 Å². The summed E-state index contributed by atoms with van der Waals surface area (Å²) in [5.41, 5.74) is 8.69. The van der Waals surface area contributed by atoms with Gasteiger partial charge in [0.25, 0.3) is 5.91 Å². The molecule has 0 saturated carbocycles. The minimum Gasteiger partial charge on any atom is -0.455 e. The highest BCUT2D eigenvalue weighted by Crippen LogP contribution is 2.30. The Kier molecular flexibility index (Phi) is 4.34. The summed E-state index contributed by atoms with van der Waals surface area (Å²) in [4.78, 5) is 13.6. The summed E-state index contributed by atoms with van der Waals surface area (Å²) in [6.07, 6.45) is 0. The minimum atomic E-state index is -0.552. The lowest BCUT2D eigenvalue weighted by Crippen LogP contribution is -2.20. The summed E-state index contributed by atoms with van der Waals surface area (Å²) in [6.45, 7) is 7.49. The molecule has 1 amide bonds. The van der Waals surface area contributed by atoms with E-state index in [1.807, 2.05) is 46.0 Å². The molecule has 1 aromatic carbocycles. The van der Waals surface area contributed by atoms with Crippen LogP contribution < -0.4 is 5.73 Å². The Labute approximate surface area is 145 Å². The largest absolute Gasteiger partial charge is 0.455 e. The van der Waals surface area contributed by atoms with Crippen LogP contribution in [0.15, 0.2) is 33.3 Å². The van der Waals surface area contributed by atoms with Crippen LogP contribution in [0.2, 0.25) is 0 Å². The number of nitrogens with zero attached hydrogens (tertiary/aromatic N) is 3. The summed E-state index contributed by atoms with van der Waals surface area (Å²) in [5, 5.41) is 7.68. The van der Waals surface area contributed by atoms with Crippen LogP contribution in [0.5, 0.6) is 0 Å². The molecule has 2 N–H and O–H groups in total. The predicted octanol–water partition coefficient (Wildman–Crippen LogP) is 2.84. The molecular formula is C18H22N4O3. The van der Waals surface area contributed by atoms with Gasteiger partial charge in [0.15, 0.2) is 5.76 Å². The normalized spacial score (nSPS) is 12.2. The molecule has 3 rings (SSSR count). The Morgan fingerprint density at radius 1 is 1.16 bits per heavy atom. The Morgan fingerprint density at radius 2 is 1.88 bits per heavy atom. The molecule has 7 heteroatoms. The van der Waals surface area contributed by atoms with E-state index in [-0.39, 0.29) is 11.2 Å². The summed E-state index contributed by atoms with van der Waals surface area (Å²) >= 11 is 0.